The van der Waals surface area contributed by atoms with E-state index in [1.165, 1.54) is 51.1 Å². The third-order valence-corrected chi connectivity index (χ3v) is 3.12. The number of hydrogen-bond acceptors (Lipinski definition) is 4. The maximum Gasteiger partial charge on any atom is 0.382 e. The van der Waals surface area contributed by atoms with Crippen LogP contribution in [0, 0.1) is 0 Å². The molecule has 0 fully saturated rings. The van der Waals surface area contributed by atoms with Crippen molar-refractivity contribution in [1.29, 1.82) is 0 Å². The number of nitrogens with zero attached hydrogens (tertiary/aromatic N) is 2. The highest BCUT2D eigenvalue weighted by Gasteiger charge is 1.97. The molecule has 0 saturated carbocycles. The predicted molar refractivity (Wildman–Crippen MR) is 76.8 cm³/mol. The van der Waals surface area contributed by atoms with E-state index in [-0.39, 0.29) is 0 Å². The summed E-state index contributed by atoms with van der Waals surface area (Å²) in [5.74, 6) is 0.526. The van der Waals surface area contributed by atoms with Gasteiger partial charge in [0.25, 0.3) is 0 Å². The number of hydrogen-bond donors (Lipinski definition) is 2. The molecule has 0 saturated heterocycles. The standard InChI is InChI=1S/C14H25N3O2/c1-2-3-4-5-6-7-8-9-11-15-13-10-12-17(19)14(18)16-13/h10,12,19H,2-9,11H2,1H3,(H,15,16,18). The van der Waals surface area contributed by atoms with Crippen molar-refractivity contribution in [3.8, 4) is 0 Å². The Kier molecular flexibility index (Phi) is 7.70. The molecule has 0 bridgehead atoms. The maximum atomic E-state index is 11.1. The second-order valence-corrected chi connectivity index (χ2v) is 4.84. The average Bonchev–Trinajstić information content (AvgIpc) is 2.41. The first-order chi connectivity index (χ1) is 9.24. The third kappa shape index (κ3) is 6.84. The van der Waals surface area contributed by atoms with Gasteiger partial charge in [0, 0.05) is 12.6 Å². The summed E-state index contributed by atoms with van der Waals surface area (Å²) >= 11 is 0. The zero-order valence-corrected chi connectivity index (χ0v) is 11.8. The normalized spacial score (nSPS) is 10.6. The van der Waals surface area contributed by atoms with E-state index in [9.17, 15) is 4.79 Å². The van der Waals surface area contributed by atoms with Crippen LogP contribution in [0.25, 0.3) is 0 Å². The first-order valence-corrected chi connectivity index (χ1v) is 7.27. The van der Waals surface area contributed by atoms with Gasteiger partial charge in [-0.05, 0) is 6.42 Å². The van der Waals surface area contributed by atoms with E-state index < -0.39 is 5.69 Å². The summed E-state index contributed by atoms with van der Waals surface area (Å²) < 4.78 is 0.474. The Labute approximate surface area is 114 Å². The van der Waals surface area contributed by atoms with E-state index in [0.29, 0.717) is 10.5 Å². The van der Waals surface area contributed by atoms with Gasteiger partial charge in [-0.15, -0.1) is 4.73 Å². The molecule has 5 heteroatoms. The minimum absolute atomic E-state index is 0.474. The molecule has 19 heavy (non-hydrogen) atoms. The van der Waals surface area contributed by atoms with E-state index in [1.807, 2.05) is 0 Å². The number of aromatic nitrogens is 2. The Balaban J connectivity index is 2.01. The van der Waals surface area contributed by atoms with Crippen molar-refractivity contribution in [1.82, 2.24) is 9.71 Å². The highest BCUT2D eigenvalue weighted by atomic mass is 16.5. The molecular weight excluding hydrogens is 242 g/mol. The molecule has 1 heterocycles. The van der Waals surface area contributed by atoms with Crippen LogP contribution in [0.1, 0.15) is 58.3 Å². The highest BCUT2D eigenvalue weighted by molar-refractivity contribution is 5.31. The van der Waals surface area contributed by atoms with Crippen LogP contribution in [0.2, 0.25) is 0 Å². The molecule has 1 aromatic rings. The van der Waals surface area contributed by atoms with Gasteiger partial charge >= 0.3 is 5.69 Å². The topological polar surface area (TPSA) is 67.2 Å². The minimum atomic E-state index is -0.652. The lowest BCUT2D eigenvalue weighted by molar-refractivity contribution is 0.170. The molecule has 1 rings (SSSR count). The smallest absolute Gasteiger partial charge is 0.382 e. The molecular formula is C14H25N3O2. The van der Waals surface area contributed by atoms with E-state index >= 15 is 0 Å². The second-order valence-electron chi connectivity index (χ2n) is 4.84. The van der Waals surface area contributed by atoms with Crippen molar-refractivity contribution in [2.24, 2.45) is 0 Å². The molecule has 0 aliphatic carbocycles. The molecule has 0 atom stereocenters. The van der Waals surface area contributed by atoms with Crippen LogP contribution < -0.4 is 11.0 Å². The summed E-state index contributed by atoms with van der Waals surface area (Å²) in [6.07, 6.45) is 11.5. The third-order valence-electron chi connectivity index (χ3n) is 3.12. The van der Waals surface area contributed by atoms with Crippen LogP contribution in [-0.2, 0) is 0 Å². The first-order valence-electron chi connectivity index (χ1n) is 7.27. The SMILES string of the molecule is CCCCCCCCCCNc1ccn(O)c(=O)n1. The van der Waals surface area contributed by atoms with Gasteiger partial charge in [0.1, 0.15) is 5.82 Å². The van der Waals surface area contributed by atoms with Gasteiger partial charge in [0.15, 0.2) is 0 Å². The first kappa shape index (κ1) is 15.5. The number of unbranched alkanes of at least 4 members (excludes halogenated alkanes) is 7. The molecule has 0 aromatic carbocycles. The fraction of sp³-hybridized carbons (Fsp3) is 0.714. The fourth-order valence-corrected chi connectivity index (χ4v) is 1.97. The van der Waals surface area contributed by atoms with Gasteiger partial charge < -0.3 is 10.5 Å². The average molecular weight is 267 g/mol. The van der Waals surface area contributed by atoms with Crippen LogP contribution in [-0.4, -0.2) is 21.5 Å². The highest BCUT2D eigenvalue weighted by Crippen LogP contribution is 2.08. The van der Waals surface area contributed by atoms with Crippen LogP contribution in [0.3, 0.4) is 0 Å². The van der Waals surface area contributed by atoms with E-state index in [1.54, 1.807) is 6.07 Å². The van der Waals surface area contributed by atoms with Crippen molar-refractivity contribution >= 4 is 5.82 Å². The molecule has 2 N–H and O–H groups in total. The van der Waals surface area contributed by atoms with Crippen molar-refractivity contribution < 1.29 is 5.21 Å². The number of nitrogens with one attached hydrogen (secondary N) is 1. The number of rotatable bonds is 10. The van der Waals surface area contributed by atoms with Crippen LogP contribution >= 0.6 is 0 Å². The second kappa shape index (κ2) is 9.42. The fourth-order valence-electron chi connectivity index (χ4n) is 1.97. The van der Waals surface area contributed by atoms with E-state index in [2.05, 4.69) is 17.2 Å². The molecule has 5 nitrogen and oxygen atoms in total. The zero-order valence-electron chi connectivity index (χ0n) is 11.8. The summed E-state index contributed by atoms with van der Waals surface area (Å²) in [4.78, 5) is 14.7. The van der Waals surface area contributed by atoms with Gasteiger partial charge in [-0.25, -0.2) is 4.79 Å². The van der Waals surface area contributed by atoms with Crippen molar-refractivity contribution in [3.63, 3.8) is 0 Å². The molecule has 0 unspecified atom stereocenters. The zero-order chi connectivity index (χ0) is 13.9. The molecule has 0 spiro atoms. The molecule has 0 amide bonds. The van der Waals surface area contributed by atoms with Gasteiger partial charge in [0.2, 0.25) is 0 Å². The van der Waals surface area contributed by atoms with Gasteiger partial charge in [-0.1, -0.05) is 51.9 Å². The summed E-state index contributed by atoms with van der Waals surface area (Å²) in [6, 6.07) is 1.59. The number of anilines is 1. The van der Waals surface area contributed by atoms with Crippen molar-refractivity contribution in [2.75, 3.05) is 11.9 Å². The summed E-state index contributed by atoms with van der Waals surface area (Å²) in [5, 5.41) is 12.1. The predicted octanol–water partition coefficient (Wildman–Crippen LogP) is 3.03. The molecule has 0 radical (unpaired) electrons. The Hall–Kier alpha value is -1.52. The van der Waals surface area contributed by atoms with E-state index in [4.69, 9.17) is 5.21 Å². The summed E-state index contributed by atoms with van der Waals surface area (Å²) in [6.45, 7) is 3.05. The Morgan fingerprint density at radius 1 is 1.16 bits per heavy atom. The molecule has 0 aliphatic rings. The minimum Gasteiger partial charge on any atom is -0.424 e. The van der Waals surface area contributed by atoms with Crippen LogP contribution in [0.5, 0.6) is 0 Å². The lowest BCUT2D eigenvalue weighted by Crippen LogP contribution is -2.21. The molecule has 0 aliphatic heterocycles. The Bertz CT molecular complexity index is 404. The van der Waals surface area contributed by atoms with Crippen LogP contribution in [0.15, 0.2) is 17.1 Å². The molecule has 108 valence electrons. The monoisotopic (exact) mass is 267 g/mol. The van der Waals surface area contributed by atoms with Crippen molar-refractivity contribution in [3.05, 3.63) is 22.7 Å². The van der Waals surface area contributed by atoms with Crippen molar-refractivity contribution in [2.45, 2.75) is 58.3 Å². The van der Waals surface area contributed by atoms with Gasteiger partial charge in [0.05, 0.1) is 6.20 Å². The lowest BCUT2D eigenvalue weighted by atomic mass is 10.1. The Morgan fingerprint density at radius 2 is 1.79 bits per heavy atom. The van der Waals surface area contributed by atoms with Crippen LogP contribution in [0.4, 0.5) is 5.82 Å². The summed E-state index contributed by atoms with van der Waals surface area (Å²) in [5.41, 5.74) is -0.652. The largest absolute Gasteiger partial charge is 0.424 e. The maximum absolute atomic E-state index is 11.1. The molecule has 1 aromatic heterocycles. The lowest BCUT2D eigenvalue weighted by Gasteiger charge is -2.05. The van der Waals surface area contributed by atoms with E-state index in [0.717, 1.165) is 13.0 Å². The summed E-state index contributed by atoms with van der Waals surface area (Å²) in [7, 11) is 0. The van der Waals surface area contributed by atoms with Gasteiger partial charge in [-0.2, -0.15) is 4.98 Å². The quantitative estimate of drug-likeness (QED) is 0.505. The Morgan fingerprint density at radius 3 is 2.42 bits per heavy atom. The van der Waals surface area contributed by atoms with Gasteiger partial charge in [-0.3, -0.25) is 0 Å².